The average Bonchev–Trinajstić information content (AvgIpc) is 3.20. The van der Waals surface area contributed by atoms with Crippen molar-refractivity contribution in [2.24, 2.45) is 5.73 Å². The fourth-order valence-electron chi connectivity index (χ4n) is 7.07. The van der Waals surface area contributed by atoms with Crippen molar-refractivity contribution in [3.8, 4) is 0 Å². The third-order valence-electron chi connectivity index (χ3n) is 10.7. The van der Waals surface area contributed by atoms with Crippen LogP contribution in [0.15, 0.2) is 36.5 Å². The first kappa shape index (κ1) is 56.7. The summed E-state index contributed by atoms with van der Waals surface area (Å²) in [5, 5.41) is 24.1. The van der Waals surface area contributed by atoms with Gasteiger partial charge < -0.3 is 26.2 Å². The fraction of sp³-hybridized carbons (Fsp3) is 0.854. The lowest BCUT2D eigenvalue weighted by Crippen LogP contribution is -2.46. The third-order valence-corrected chi connectivity index (χ3v) is 11.7. The summed E-state index contributed by atoms with van der Waals surface area (Å²) in [7, 11) is -4.41. The topological polar surface area (TPSA) is 151 Å². The van der Waals surface area contributed by atoms with Gasteiger partial charge in [-0.05, 0) is 57.8 Å². The summed E-state index contributed by atoms with van der Waals surface area (Å²) in [6.07, 6.45) is 49.5. The summed E-state index contributed by atoms with van der Waals surface area (Å²) in [6, 6.07) is -1.00. The highest BCUT2D eigenvalue weighted by molar-refractivity contribution is 7.47. The molecule has 0 fully saturated rings. The molecule has 342 valence electrons. The molecule has 0 radical (unpaired) electrons. The van der Waals surface area contributed by atoms with Crippen molar-refractivity contribution in [2.45, 2.75) is 244 Å². The standard InChI is InChI=1S/C48H93N2O7P/c1-3-5-7-9-11-13-15-17-19-21-22-24-26-28-30-32-34-36-38-40-47(52)46(44-57-58(54,55)56-42-41-49)50-48(53)43-45(51)39-37-35-33-31-29-27-25-23-20-18-16-14-12-10-8-6-4-2/h23,25,30,32,38,40,45-47,51-52H,3-22,24,26-29,31,33-37,39,41-44,49H2,1-2H3,(H,50,53)(H,54,55)/b25-23-,32-30+,40-38+. The highest BCUT2D eigenvalue weighted by Gasteiger charge is 2.27. The Hall–Kier alpha value is -1.32. The van der Waals surface area contributed by atoms with E-state index in [-0.39, 0.29) is 19.6 Å². The molecule has 0 aliphatic rings. The quantitative estimate of drug-likeness (QED) is 0.0231. The summed E-state index contributed by atoms with van der Waals surface area (Å²) >= 11 is 0. The number of nitrogens with one attached hydrogen (secondary N) is 1. The average molecular weight is 841 g/mol. The Kier molecular flexibility index (Phi) is 42.8. The highest BCUT2D eigenvalue weighted by atomic mass is 31.2. The van der Waals surface area contributed by atoms with Crippen LogP contribution in [0.3, 0.4) is 0 Å². The number of phosphoric acid groups is 1. The Labute approximate surface area is 357 Å². The van der Waals surface area contributed by atoms with Crippen molar-refractivity contribution < 1.29 is 33.5 Å². The van der Waals surface area contributed by atoms with Crippen LogP contribution in [0.1, 0.15) is 226 Å². The highest BCUT2D eigenvalue weighted by Crippen LogP contribution is 2.43. The minimum Gasteiger partial charge on any atom is -0.393 e. The molecule has 9 nitrogen and oxygen atoms in total. The van der Waals surface area contributed by atoms with Gasteiger partial charge in [0.2, 0.25) is 5.91 Å². The van der Waals surface area contributed by atoms with E-state index in [4.69, 9.17) is 14.8 Å². The molecular weight excluding hydrogens is 748 g/mol. The number of carbonyl (C=O) groups is 1. The van der Waals surface area contributed by atoms with Crippen LogP contribution >= 0.6 is 7.82 Å². The normalized spacial score (nSPS) is 14.8. The van der Waals surface area contributed by atoms with Crippen molar-refractivity contribution in [1.29, 1.82) is 0 Å². The van der Waals surface area contributed by atoms with Gasteiger partial charge in [0.05, 0.1) is 37.9 Å². The number of phosphoric ester groups is 1. The molecule has 0 aliphatic heterocycles. The van der Waals surface area contributed by atoms with Gasteiger partial charge in [0.1, 0.15) is 0 Å². The Balaban J connectivity index is 4.31. The van der Waals surface area contributed by atoms with Gasteiger partial charge in [-0.1, -0.05) is 198 Å². The molecule has 0 aromatic heterocycles. The molecule has 0 heterocycles. The molecule has 1 amide bonds. The minimum atomic E-state index is -4.41. The van der Waals surface area contributed by atoms with E-state index in [0.29, 0.717) is 12.8 Å². The second kappa shape index (κ2) is 43.8. The van der Waals surface area contributed by atoms with Gasteiger partial charge in [-0.2, -0.15) is 0 Å². The zero-order valence-electron chi connectivity index (χ0n) is 37.7. The van der Waals surface area contributed by atoms with Gasteiger partial charge in [-0.15, -0.1) is 0 Å². The summed E-state index contributed by atoms with van der Waals surface area (Å²) in [4.78, 5) is 22.8. The molecule has 10 heteroatoms. The molecule has 0 aromatic rings. The van der Waals surface area contributed by atoms with Crippen LogP contribution in [0.2, 0.25) is 0 Å². The predicted octanol–water partition coefficient (Wildman–Crippen LogP) is 12.9. The fourth-order valence-corrected chi connectivity index (χ4v) is 7.83. The lowest BCUT2D eigenvalue weighted by Gasteiger charge is -2.24. The largest absolute Gasteiger partial charge is 0.472 e. The van der Waals surface area contributed by atoms with Crippen LogP contribution in [0, 0.1) is 0 Å². The smallest absolute Gasteiger partial charge is 0.393 e. The monoisotopic (exact) mass is 841 g/mol. The minimum absolute atomic E-state index is 0.0436. The van der Waals surface area contributed by atoms with E-state index in [1.54, 1.807) is 6.08 Å². The van der Waals surface area contributed by atoms with Crippen LogP contribution in [0.25, 0.3) is 0 Å². The number of aliphatic hydroxyl groups excluding tert-OH is 2. The van der Waals surface area contributed by atoms with Crippen LogP contribution in [0.5, 0.6) is 0 Å². The van der Waals surface area contributed by atoms with Crippen molar-refractivity contribution in [1.82, 2.24) is 5.32 Å². The number of hydrogen-bond acceptors (Lipinski definition) is 7. The summed E-state index contributed by atoms with van der Waals surface area (Å²) in [5.41, 5.74) is 5.37. The zero-order valence-corrected chi connectivity index (χ0v) is 38.5. The lowest BCUT2D eigenvalue weighted by molar-refractivity contribution is -0.124. The number of amides is 1. The number of allylic oxidation sites excluding steroid dienone is 5. The van der Waals surface area contributed by atoms with Gasteiger partial charge in [0, 0.05) is 6.54 Å². The van der Waals surface area contributed by atoms with E-state index in [1.807, 2.05) is 6.08 Å². The van der Waals surface area contributed by atoms with Crippen LogP contribution < -0.4 is 11.1 Å². The first-order valence-electron chi connectivity index (χ1n) is 24.2. The molecule has 0 aromatic carbocycles. The molecule has 0 bridgehead atoms. The lowest BCUT2D eigenvalue weighted by atomic mass is 10.0. The number of hydrogen-bond donors (Lipinski definition) is 5. The Bertz CT molecular complexity index is 1020. The number of rotatable bonds is 45. The molecule has 6 N–H and O–H groups in total. The summed E-state index contributed by atoms with van der Waals surface area (Å²) < 4.78 is 22.1. The maximum Gasteiger partial charge on any atom is 0.472 e. The number of carbonyl (C=O) groups excluding carboxylic acids is 1. The van der Waals surface area contributed by atoms with Gasteiger partial charge in [-0.25, -0.2) is 4.57 Å². The van der Waals surface area contributed by atoms with E-state index in [2.05, 4.69) is 43.5 Å². The second-order valence-corrected chi connectivity index (χ2v) is 18.0. The Morgan fingerprint density at radius 3 is 1.43 bits per heavy atom. The third kappa shape index (κ3) is 41.4. The molecule has 0 saturated carbocycles. The van der Waals surface area contributed by atoms with Crippen molar-refractivity contribution in [3.05, 3.63) is 36.5 Å². The molecule has 0 saturated heterocycles. The van der Waals surface area contributed by atoms with Crippen molar-refractivity contribution in [3.63, 3.8) is 0 Å². The van der Waals surface area contributed by atoms with Crippen molar-refractivity contribution in [2.75, 3.05) is 19.8 Å². The Morgan fingerprint density at radius 2 is 0.983 bits per heavy atom. The van der Waals surface area contributed by atoms with E-state index in [0.717, 1.165) is 44.9 Å². The summed E-state index contributed by atoms with van der Waals surface area (Å²) in [6.45, 7) is 3.96. The molecule has 4 unspecified atom stereocenters. The van der Waals surface area contributed by atoms with Crippen LogP contribution in [-0.2, 0) is 18.4 Å². The second-order valence-electron chi connectivity index (χ2n) is 16.5. The van der Waals surface area contributed by atoms with Gasteiger partial charge >= 0.3 is 7.82 Å². The van der Waals surface area contributed by atoms with E-state index >= 15 is 0 Å². The molecule has 0 rings (SSSR count). The van der Waals surface area contributed by atoms with Crippen LogP contribution in [-0.4, -0.2) is 59.0 Å². The van der Waals surface area contributed by atoms with Gasteiger partial charge in [0.25, 0.3) is 0 Å². The molecular formula is C48H93N2O7P. The summed E-state index contributed by atoms with van der Waals surface area (Å²) in [5.74, 6) is -0.459. The first-order valence-corrected chi connectivity index (χ1v) is 25.7. The first-order chi connectivity index (χ1) is 28.3. The van der Waals surface area contributed by atoms with Crippen molar-refractivity contribution >= 4 is 13.7 Å². The number of unbranched alkanes of at least 4 members (excludes halogenated alkanes) is 27. The maximum absolute atomic E-state index is 12.8. The number of aliphatic hydroxyl groups is 2. The van der Waals surface area contributed by atoms with Gasteiger partial charge in [-0.3, -0.25) is 13.8 Å². The zero-order chi connectivity index (χ0) is 42.6. The predicted molar refractivity (Wildman–Crippen MR) is 246 cm³/mol. The Morgan fingerprint density at radius 1 is 0.586 bits per heavy atom. The van der Waals surface area contributed by atoms with Crippen LogP contribution in [0.4, 0.5) is 0 Å². The van der Waals surface area contributed by atoms with E-state index in [9.17, 15) is 24.5 Å². The van der Waals surface area contributed by atoms with E-state index in [1.165, 1.54) is 148 Å². The molecule has 0 spiro atoms. The van der Waals surface area contributed by atoms with E-state index < -0.39 is 38.6 Å². The maximum atomic E-state index is 12.8. The molecule has 0 aliphatic carbocycles. The number of nitrogens with two attached hydrogens (primary N) is 1. The molecule has 58 heavy (non-hydrogen) atoms. The molecule has 4 atom stereocenters. The van der Waals surface area contributed by atoms with Gasteiger partial charge in [0.15, 0.2) is 0 Å². The SMILES string of the molecule is CCCCCCCCCC/C=C\CCCCCCCC(O)CC(=O)NC(COP(=O)(O)OCCN)C(O)/C=C/CC/C=C/CCCCCCCCCCCCCCC.